The molecule has 0 amide bonds. The zero-order valence-electron chi connectivity index (χ0n) is 7.93. The molecule has 4 heteroatoms. The van der Waals surface area contributed by atoms with Crippen molar-refractivity contribution in [2.45, 2.75) is 27.8 Å². The Morgan fingerprint density at radius 2 is 1.71 bits per heavy atom. The summed E-state index contributed by atoms with van der Waals surface area (Å²) in [4.78, 5) is 1.07. The Hall–Kier alpha value is 0.440. The lowest BCUT2D eigenvalue weighted by Gasteiger charge is -2.19. The van der Waals surface area contributed by atoms with Gasteiger partial charge < -0.3 is 0 Å². The SMILES string of the molecule is Cc1ccc(SC(Cl)C(C)(Cl)Cl)cc1. The lowest BCUT2D eigenvalue weighted by atomic mass is 10.2. The van der Waals surface area contributed by atoms with E-state index in [4.69, 9.17) is 34.8 Å². The Morgan fingerprint density at radius 1 is 1.21 bits per heavy atom. The Bertz CT molecular complexity index is 289. The standard InChI is InChI=1S/C10H11Cl3S/c1-7-3-5-8(6-4-7)14-9(11)10(2,12)13/h3-6,9H,1-2H3. The van der Waals surface area contributed by atoms with Crippen molar-refractivity contribution >= 4 is 46.6 Å². The second kappa shape index (κ2) is 4.98. The Morgan fingerprint density at radius 3 is 2.14 bits per heavy atom. The first-order valence-electron chi connectivity index (χ1n) is 4.15. The molecule has 78 valence electrons. The fourth-order valence-electron chi connectivity index (χ4n) is 0.840. The van der Waals surface area contributed by atoms with Crippen LogP contribution in [0.5, 0.6) is 0 Å². The zero-order valence-corrected chi connectivity index (χ0v) is 11.0. The minimum Gasteiger partial charge on any atom is -0.107 e. The maximum absolute atomic E-state index is 6.03. The summed E-state index contributed by atoms with van der Waals surface area (Å²) in [5.74, 6) is 0. The monoisotopic (exact) mass is 268 g/mol. The highest BCUT2D eigenvalue weighted by atomic mass is 35.5. The van der Waals surface area contributed by atoms with Gasteiger partial charge in [-0.25, -0.2) is 0 Å². The molecule has 0 aliphatic carbocycles. The molecule has 0 nitrogen and oxygen atoms in total. The van der Waals surface area contributed by atoms with E-state index in [2.05, 4.69) is 0 Å². The van der Waals surface area contributed by atoms with Crippen LogP contribution in [-0.2, 0) is 0 Å². The molecule has 0 heterocycles. The molecule has 1 unspecified atom stereocenters. The number of halogens is 3. The van der Waals surface area contributed by atoms with E-state index in [0.717, 1.165) is 4.90 Å². The van der Waals surface area contributed by atoms with Crippen molar-refractivity contribution < 1.29 is 0 Å². The van der Waals surface area contributed by atoms with Gasteiger partial charge in [0.1, 0.15) is 9.04 Å². The predicted octanol–water partition coefficient (Wildman–Crippen LogP) is 4.85. The molecule has 0 saturated heterocycles. The van der Waals surface area contributed by atoms with Crippen LogP contribution in [0.15, 0.2) is 29.2 Å². The van der Waals surface area contributed by atoms with E-state index in [0.29, 0.717) is 0 Å². The van der Waals surface area contributed by atoms with E-state index in [1.807, 2.05) is 31.2 Å². The minimum atomic E-state index is -0.920. The number of benzene rings is 1. The van der Waals surface area contributed by atoms with Crippen LogP contribution in [-0.4, -0.2) is 9.04 Å². The van der Waals surface area contributed by atoms with Crippen LogP contribution in [0.4, 0.5) is 0 Å². The van der Waals surface area contributed by atoms with Crippen LogP contribution in [0.3, 0.4) is 0 Å². The third-order valence-corrected chi connectivity index (χ3v) is 4.50. The van der Waals surface area contributed by atoms with Crippen LogP contribution < -0.4 is 0 Å². The van der Waals surface area contributed by atoms with Crippen molar-refractivity contribution in [2.75, 3.05) is 0 Å². The highest BCUT2D eigenvalue weighted by Crippen LogP contribution is 2.39. The summed E-state index contributed by atoms with van der Waals surface area (Å²) >= 11 is 19.2. The number of thioether (sulfide) groups is 1. The number of hydrogen-bond acceptors (Lipinski definition) is 1. The first-order chi connectivity index (χ1) is 6.39. The fraction of sp³-hybridized carbons (Fsp3) is 0.400. The summed E-state index contributed by atoms with van der Waals surface area (Å²) in [6.45, 7) is 3.73. The van der Waals surface area contributed by atoms with Crippen molar-refractivity contribution in [3.63, 3.8) is 0 Å². The average Bonchev–Trinajstić information content (AvgIpc) is 2.07. The number of hydrogen-bond donors (Lipinski definition) is 0. The van der Waals surface area contributed by atoms with Gasteiger partial charge in [0.2, 0.25) is 0 Å². The lowest BCUT2D eigenvalue weighted by molar-refractivity contribution is 0.959. The maximum Gasteiger partial charge on any atom is 0.141 e. The quantitative estimate of drug-likeness (QED) is 0.558. The van der Waals surface area contributed by atoms with Crippen molar-refractivity contribution in [2.24, 2.45) is 0 Å². The summed E-state index contributed by atoms with van der Waals surface area (Å²) < 4.78 is -1.27. The summed E-state index contributed by atoms with van der Waals surface area (Å²) in [5, 5.41) is 0. The summed E-state index contributed by atoms with van der Waals surface area (Å²) in [7, 11) is 0. The fourth-order valence-corrected chi connectivity index (χ4v) is 2.15. The van der Waals surface area contributed by atoms with Gasteiger partial charge in [0.25, 0.3) is 0 Å². The largest absolute Gasteiger partial charge is 0.141 e. The van der Waals surface area contributed by atoms with E-state index >= 15 is 0 Å². The summed E-state index contributed by atoms with van der Waals surface area (Å²) in [6.07, 6.45) is 0. The molecule has 1 atom stereocenters. The van der Waals surface area contributed by atoms with E-state index in [9.17, 15) is 0 Å². The Balaban J connectivity index is 2.65. The predicted molar refractivity (Wildman–Crippen MR) is 66.8 cm³/mol. The molecule has 14 heavy (non-hydrogen) atoms. The Labute approximate surface area is 104 Å². The molecule has 0 fully saturated rings. The van der Waals surface area contributed by atoms with Crippen molar-refractivity contribution in [3.05, 3.63) is 29.8 Å². The van der Waals surface area contributed by atoms with Gasteiger partial charge in [0, 0.05) is 4.90 Å². The van der Waals surface area contributed by atoms with Gasteiger partial charge in [0.05, 0.1) is 0 Å². The van der Waals surface area contributed by atoms with Gasteiger partial charge in [-0.3, -0.25) is 0 Å². The molecule has 0 aromatic heterocycles. The lowest BCUT2D eigenvalue weighted by Crippen LogP contribution is -2.18. The third kappa shape index (κ3) is 3.90. The minimum absolute atomic E-state index is 0.353. The van der Waals surface area contributed by atoms with E-state index in [1.165, 1.54) is 17.3 Å². The van der Waals surface area contributed by atoms with Crippen molar-refractivity contribution in [1.82, 2.24) is 0 Å². The molecule has 0 N–H and O–H groups in total. The first kappa shape index (κ1) is 12.5. The van der Waals surface area contributed by atoms with E-state index in [1.54, 1.807) is 6.92 Å². The number of aryl methyl sites for hydroxylation is 1. The van der Waals surface area contributed by atoms with Crippen molar-refractivity contribution in [3.8, 4) is 0 Å². The second-order valence-electron chi connectivity index (χ2n) is 3.20. The normalized spacial score (nSPS) is 14.1. The van der Waals surface area contributed by atoms with Gasteiger partial charge in [-0.1, -0.05) is 40.9 Å². The molecular weight excluding hydrogens is 259 g/mol. The first-order valence-corrected chi connectivity index (χ1v) is 6.22. The summed E-state index contributed by atoms with van der Waals surface area (Å²) in [6, 6.07) is 8.08. The molecule has 0 spiro atoms. The molecule has 0 radical (unpaired) electrons. The Kier molecular flexibility index (Phi) is 4.45. The molecule has 1 aromatic rings. The second-order valence-corrected chi connectivity index (χ2v) is 6.84. The molecule has 0 aliphatic heterocycles. The average molecular weight is 270 g/mol. The van der Waals surface area contributed by atoms with E-state index < -0.39 is 4.33 Å². The third-order valence-electron chi connectivity index (χ3n) is 1.66. The number of alkyl halides is 3. The van der Waals surface area contributed by atoms with Gasteiger partial charge >= 0.3 is 0 Å². The summed E-state index contributed by atoms with van der Waals surface area (Å²) in [5.41, 5.74) is 1.22. The highest BCUT2D eigenvalue weighted by Gasteiger charge is 2.28. The molecule has 0 aliphatic rings. The van der Waals surface area contributed by atoms with Gasteiger partial charge in [-0.2, -0.15) is 0 Å². The van der Waals surface area contributed by atoms with Crippen LogP contribution in [0.1, 0.15) is 12.5 Å². The smallest absolute Gasteiger partial charge is 0.107 e. The van der Waals surface area contributed by atoms with E-state index in [-0.39, 0.29) is 4.71 Å². The molecule has 0 saturated carbocycles. The number of rotatable bonds is 3. The zero-order chi connectivity index (χ0) is 10.8. The van der Waals surface area contributed by atoms with Crippen molar-refractivity contribution in [1.29, 1.82) is 0 Å². The highest BCUT2D eigenvalue weighted by molar-refractivity contribution is 8.01. The van der Waals surface area contributed by atoms with Crippen LogP contribution >= 0.6 is 46.6 Å². The maximum atomic E-state index is 6.03. The molecular formula is C10H11Cl3S. The van der Waals surface area contributed by atoms with Gasteiger partial charge in [0.15, 0.2) is 0 Å². The topological polar surface area (TPSA) is 0 Å². The molecule has 1 aromatic carbocycles. The van der Waals surface area contributed by atoms with Crippen LogP contribution in [0.25, 0.3) is 0 Å². The molecule has 1 rings (SSSR count). The molecule has 0 bridgehead atoms. The van der Waals surface area contributed by atoms with Crippen LogP contribution in [0, 0.1) is 6.92 Å². The van der Waals surface area contributed by atoms with Crippen LogP contribution in [0.2, 0.25) is 0 Å². The van der Waals surface area contributed by atoms with Gasteiger partial charge in [-0.05, 0) is 26.0 Å². The van der Waals surface area contributed by atoms with Gasteiger partial charge in [-0.15, -0.1) is 23.4 Å².